The van der Waals surface area contributed by atoms with E-state index in [0.29, 0.717) is 0 Å². The van der Waals surface area contributed by atoms with Gasteiger partial charge in [0.1, 0.15) is 0 Å². The number of rotatable bonds is 3. The summed E-state index contributed by atoms with van der Waals surface area (Å²) in [6, 6.07) is 29.4. The first kappa shape index (κ1) is 12.4. The quantitative estimate of drug-likeness (QED) is 0.541. The molecule has 0 atom stereocenters. The van der Waals surface area contributed by atoms with Gasteiger partial charge in [-0.15, -0.1) is 0 Å². The van der Waals surface area contributed by atoms with Gasteiger partial charge in [-0.3, -0.25) is 0 Å². The van der Waals surface area contributed by atoms with Crippen LogP contribution in [0.15, 0.2) is 84.9 Å². The van der Waals surface area contributed by atoms with E-state index >= 15 is 0 Å². The molecule has 3 rings (SSSR count). The standard InChI is InChI=1S/C20H16/c1-3-8-17(9-4-1)14-15-18-10-7-13-20(16-18)19-11-5-2-6-12-19/h1-16H. The third-order valence-electron chi connectivity index (χ3n) is 3.26. The second-order valence-electron chi connectivity index (χ2n) is 4.74. The first-order valence-corrected chi connectivity index (χ1v) is 6.80. The highest BCUT2D eigenvalue weighted by Gasteiger charge is 1.96. The lowest BCUT2D eigenvalue weighted by molar-refractivity contribution is 1.60. The number of benzene rings is 3. The molecule has 0 fully saturated rings. The van der Waals surface area contributed by atoms with E-state index in [1.54, 1.807) is 0 Å². The van der Waals surface area contributed by atoms with Crippen LogP contribution in [0.25, 0.3) is 23.3 Å². The molecule has 0 radical (unpaired) electrons. The third kappa shape index (κ3) is 3.04. The van der Waals surface area contributed by atoms with Gasteiger partial charge in [-0.2, -0.15) is 0 Å². The number of hydrogen-bond donors (Lipinski definition) is 0. The molecule has 0 amide bonds. The topological polar surface area (TPSA) is 0 Å². The lowest BCUT2D eigenvalue weighted by atomic mass is 10.0. The predicted molar refractivity (Wildman–Crippen MR) is 87.2 cm³/mol. The van der Waals surface area contributed by atoms with E-state index < -0.39 is 0 Å². The van der Waals surface area contributed by atoms with Gasteiger partial charge < -0.3 is 0 Å². The fraction of sp³-hybridized carbons (Fsp3) is 0. The van der Waals surface area contributed by atoms with Crippen molar-refractivity contribution in [2.45, 2.75) is 0 Å². The Bertz CT molecular complexity index is 694. The summed E-state index contributed by atoms with van der Waals surface area (Å²) in [4.78, 5) is 0. The van der Waals surface area contributed by atoms with Crippen molar-refractivity contribution < 1.29 is 0 Å². The minimum atomic E-state index is 1.22. The van der Waals surface area contributed by atoms with Crippen LogP contribution in [0, 0.1) is 0 Å². The molecule has 0 unspecified atom stereocenters. The van der Waals surface area contributed by atoms with Crippen LogP contribution in [0.4, 0.5) is 0 Å². The van der Waals surface area contributed by atoms with Gasteiger partial charge in [0.05, 0.1) is 0 Å². The van der Waals surface area contributed by atoms with Gasteiger partial charge in [-0.05, 0) is 28.3 Å². The third-order valence-corrected chi connectivity index (χ3v) is 3.26. The molecule has 0 aliphatic rings. The van der Waals surface area contributed by atoms with Crippen LogP contribution in [-0.2, 0) is 0 Å². The highest BCUT2D eigenvalue weighted by Crippen LogP contribution is 2.21. The Morgan fingerprint density at radius 2 is 1.00 bits per heavy atom. The Labute approximate surface area is 120 Å². The fourth-order valence-corrected chi connectivity index (χ4v) is 2.21. The Morgan fingerprint density at radius 1 is 0.450 bits per heavy atom. The molecule has 0 aliphatic carbocycles. The fourth-order valence-electron chi connectivity index (χ4n) is 2.21. The molecule has 0 bridgehead atoms. The van der Waals surface area contributed by atoms with Crippen LogP contribution in [0.2, 0.25) is 0 Å². The molecule has 20 heavy (non-hydrogen) atoms. The molecular formula is C20H16. The van der Waals surface area contributed by atoms with Crippen molar-refractivity contribution in [1.82, 2.24) is 0 Å². The van der Waals surface area contributed by atoms with Gasteiger partial charge in [0, 0.05) is 0 Å². The van der Waals surface area contributed by atoms with Crippen molar-refractivity contribution in [1.29, 1.82) is 0 Å². The maximum Gasteiger partial charge on any atom is -0.0178 e. The summed E-state index contributed by atoms with van der Waals surface area (Å²) in [6.45, 7) is 0. The Balaban J connectivity index is 1.87. The van der Waals surface area contributed by atoms with Gasteiger partial charge in [-0.25, -0.2) is 0 Å². The molecule has 0 heterocycles. The largest absolute Gasteiger partial charge is 0.0622 e. The van der Waals surface area contributed by atoms with Gasteiger partial charge in [0.2, 0.25) is 0 Å². The molecule has 0 spiro atoms. The first-order valence-electron chi connectivity index (χ1n) is 6.80. The van der Waals surface area contributed by atoms with E-state index in [1.165, 1.54) is 22.3 Å². The molecule has 0 aromatic heterocycles. The zero-order chi connectivity index (χ0) is 13.6. The molecule has 3 aromatic carbocycles. The lowest BCUT2D eigenvalue weighted by Gasteiger charge is -2.02. The molecule has 0 N–H and O–H groups in total. The molecule has 0 nitrogen and oxygen atoms in total. The van der Waals surface area contributed by atoms with E-state index in [9.17, 15) is 0 Å². The van der Waals surface area contributed by atoms with Gasteiger partial charge in [-0.1, -0.05) is 91.0 Å². The van der Waals surface area contributed by atoms with Crippen molar-refractivity contribution in [3.63, 3.8) is 0 Å². The second kappa shape index (κ2) is 6.03. The van der Waals surface area contributed by atoms with E-state index in [2.05, 4.69) is 84.9 Å². The molecule has 0 saturated heterocycles. The highest BCUT2D eigenvalue weighted by molar-refractivity contribution is 5.73. The lowest BCUT2D eigenvalue weighted by Crippen LogP contribution is -1.78. The predicted octanol–water partition coefficient (Wildman–Crippen LogP) is 5.52. The summed E-state index contributed by atoms with van der Waals surface area (Å²) in [5.41, 5.74) is 4.94. The molecule has 96 valence electrons. The number of hydrogen-bond acceptors (Lipinski definition) is 0. The maximum absolute atomic E-state index is 2.22. The highest BCUT2D eigenvalue weighted by atomic mass is 14.0. The molecule has 0 heteroatoms. The van der Waals surface area contributed by atoms with Crippen LogP contribution >= 0.6 is 0 Å². The first-order chi connectivity index (χ1) is 9.92. The minimum absolute atomic E-state index is 1.22. The summed E-state index contributed by atoms with van der Waals surface area (Å²) < 4.78 is 0. The normalized spacial score (nSPS) is 10.8. The smallest absolute Gasteiger partial charge is 0.0178 e. The van der Waals surface area contributed by atoms with Crippen molar-refractivity contribution in [3.05, 3.63) is 96.1 Å². The molecular weight excluding hydrogens is 240 g/mol. The van der Waals surface area contributed by atoms with Crippen LogP contribution in [0.1, 0.15) is 11.1 Å². The van der Waals surface area contributed by atoms with Crippen molar-refractivity contribution >= 4 is 12.2 Å². The Hall–Kier alpha value is -2.60. The average molecular weight is 256 g/mol. The SMILES string of the molecule is C(=Cc1cccc(-c2ccccc2)c1)c1ccccc1. The minimum Gasteiger partial charge on any atom is -0.0622 e. The molecule has 0 aliphatic heterocycles. The molecule has 3 aromatic rings. The zero-order valence-corrected chi connectivity index (χ0v) is 11.2. The van der Waals surface area contributed by atoms with Crippen LogP contribution < -0.4 is 0 Å². The van der Waals surface area contributed by atoms with E-state index in [-0.39, 0.29) is 0 Å². The summed E-state index contributed by atoms with van der Waals surface area (Å²) in [5, 5.41) is 0. The van der Waals surface area contributed by atoms with Crippen molar-refractivity contribution in [3.8, 4) is 11.1 Å². The Kier molecular flexibility index (Phi) is 3.75. The summed E-state index contributed by atoms with van der Waals surface area (Å²) >= 11 is 0. The van der Waals surface area contributed by atoms with Gasteiger partial charge in [0.15, 0.2) is 0 Å². The summed E-state index contributed by atoms with van der Waals surface area (Å²) in [6.07, 6.45) is 4.30. The summed E-state index contributed by atoms with van der Waals surface area (Å²) in [7, 11) is 0. The average Bonchev–Trinajstić information content (AvgIpc) is 2.55. The molecule has 0 saturated carbocycles. The second-order valence-corrected chi connectivity index (χ2v) is 4.74. The van der Waals surface area contributed by atoms with Crippen LogP contribution in [0.3, 0.4) is 0 Å². The summed E-state index contributed by atoms with van der Waals surface area (Å²) in [5.74, 6) is 0. The van der Waals surface area contributed by atoms with Crippen LogP contribution in [0.5, 0.6) is 0 Å². The van der Waals surface area contributed by atoms with Gasteiger partial charge >= 0.3 is 0 Å². The van der Waals surface area contributed by atoms with Crippen molar-refractivity contribution in [2.75, 3.05) is 0 Å². The Morgan fingerprint density at radius 3 is 1.75 bits per heavy atom. The van der Waals surface area contributed by atoms with Crippen LogP contribution in [-0.4, -0.2) is 0 Å². The monoisotopic (exact) mass is 256 g/mol. The zero-order valence-electron chi connectivity index (χ0n) is 11.2. The van der Waals surface area contributed by atoms with Gasteiger partial charge in [0.25, 0.3) is 0 Å². The van der Waals surface area contributed by atoms with Crippen molar-refractivity contribution in [2.24, 2.45) is 0 Å². The van der Waals surface area contributed by atoms with E-state index in [1.807, 2.05) is 12.1 Å². The van der Waals surface area contributed by atoms with E-state index in [4.69, 9.17) is 0 Å². The van der Waals surface area contributed by atoms with E-state index in [0.717, 1.165) is 0 Å². The maximum atomic E-state index is 2.22.